The molecule has 3 N–H and O–H groups in total. The van der Waals surface area contributed by atoms with Crippen molar-refractivity contribution in [1.29, 1.82) is 0 Å². The van der Waals surface area contributed by atoms with Crippen molar-refractivity contribution in [2.75, 3.05) is 6.54 Å². The van der Waals surface area contributed by atoms with E-state index in [1.807, 2.05) is 18.2 Å². The minimum atomic E-state index is -0.329. The van der Waals surface area contributed by atoms with Crippen molar-refractivity contribution in [2.45, 2.75) is 50.4 Å². The number of nitrogens with two attached hydrogens (primary N) is 1. The summed E-state index contributed by atoms with van der Waals surface area (Å²) in [4.78, 5) is 12.5. The van der Waals surface area contributed by atoms with Gasteiger partial charge in [-0.3, -0.25) is 4.79 Å². The predicted molar refractivity (Wildman–Crippen MR) is 88.9 cm³/mol. The second-order valence-electron chi connectivity index (χ2n) is 6.15. The molecule has 4 nitrogen and oxygen atoms in total. The van der Waals surface area contributed by atoms with Gasteiger partial charge in [-0.05, 0) is 37.2 Å². The monoisotopic (exact) mass is 324 g/mol. The number of hydrogen-bond donors (Lipinski definition) is 2. The lowest BCUT2D eigenvalue weighted by molar-refractivity contribution is -0.133. The van der Waals surface area contributed by atoms with Gasteiger partial charge in [0.25, 0.3) is 0 Å². The largest absolute Gasteiger partial charge is 0.364 e. The summed E-state index contributed by atoms with van der Waals surface area (Å²) < 4.78 is 5.70. The Morgan fingerprint density at radius 3 is 2.50 bits per heavy atom. The summed E-state index contributed by atoms with van der Waals surface area (Å²) in [5, 5.41) is 3.22. The lowest BCUT2D eigenvalue weighted by Gasteiger charge is -2.35. The van der Waals surface area contributed by atoms with Crippen LogP contribution in [0.1, 0.15) is 43.7 Å². The van der Waals surface area contributed by atoms with Crippen LogP contribution in [0.25, 0.3) is 0 Å². The van der Waals surface area contributed by atoms with E-state index in [9.17, 15) is 4.79 Å². The van der Waals surface area contributed by atoms with E-state index in [-0.39, 0.29) is 36.6 Å². The molecule has 0 bridgehead atoms. The molecule has 3 atom stereocenters. The Hall–Kier alpha value is -1.10. The van der Waals surface area contributed by atoms with Crippen molar-refractivity contribution in [3.05, 3.63) is 35.9 Å². The van der Waals surface area contributed by atoms with E-state index in [4.69, 9.17) is 10.5 Å². The fourth-order valence-corrected chi connectivity index (χ4v) is 3.23. The molecule has 1 saturated carbocycles. The van der Waals surface area contributed by atoms with Gasteiger partial charge in [-0.1, -0.05) is 36.8 Å². The van der Waals surface area contributed by atoms with Gasteiger partial charge in [0.1, 0.15) is 6.10 Å². The van der Waals surface area contributed by atoms with Gasteiger partial charge in [0.05, 0.1) is 12.1 Å². The number of rotatable bonds is 5. The van der Waals surface area contributed by atoms with Gasteiger partial charge >= 0.3 is 0 Å². The molecule has 0 aromatic heterocycles. The maximum atomic E-state index is 12.5. The third kappa shape index (κ3) is 3.80. The highest BCUT2D eigenvalue weighted by molar-refractivity contribution is 5.85. The minimum absolute atomic E-state index is 0. The number of benzene rings is 1. The molecule has 122 valence electrons. The van der Waals surface area contributed by atoms with Crippen molar-refractivity contribution < 1.29 is 9.53 Å². The van der Waals surface area contributed by atoms with Crippen LogP contribution in [0.5, 0.6) is 0 Å². The Bertz CT molecular complexity index is 479. The molecule has 1 unspecified atom stereocenters. The van der Waals surface area contributed by atoms with Gasteiger partial charge in [0.15, 0.2) is 0 Å². The van der Waals surface area contributed by atoms with E-state index >= 15 is 0 Å². The number of carbonyl (C=O) groups excluding carboxylic acids is 1. The molecule has 1 aromatic rings. The summed E-state index contributed by atoms with van der Waals surface area (Å²) in [5.41, 5.74) is 6.81. The van der Waals surface area contributed by atoms with Crippen LogP contribution in [0.4, 0.5) is 0 Å². The molecule has 2 fully saturated rings. The predicted octanol–water partition coefficient (Wildman–Crippen LogP) is 2.57. The number of carbonyl (C=O) groups is 1. The summed E-state index contributed by atoms with van der Waals surface area (Å²) >= 11 is 0. The Morgan fingerprint density at radius 2 is 1.95 bits per heavy atom. The van der Waals surface area contributed by atoms with E-state index in [1.165, 1.54) is 24.8 Å². The lowest BCUT2D eigenvalue weighted by atomic mass is 9.77. The van der Waals surface area contributed by atoms with Crippen LogP contribution in [0, 0.1) is 5.92 Å². The highest BCUT2D eigenvalue weighted by atomic mass is 35.5. The Balaban J connectivity index is 0.00000176. The molecule has 0 spiro atoms. The average Bonchev–Trinajstić information content (AvgIpc) is 2.94. The average molecular weight is 325 g/mol. The zero-order valence-electron chi connectivity index (χ0n) is 12.7. The third-order valence-corrected chi connectivity index (χ3v) is 4.74. The fourth-order valence-electron chi connectivity index (χ4n) is 3.23. The van der Waals surface area contributed by atoms with Gasteiger partial charge < -0.3 is 15.8 Å². The molecule has 1 aliphatic carbocycles. The van der Waals surface area contributed by atoms with Gasteiger partial charge in [0, 0.05) is 6.54 Å². The van der Waals surface area contributed by atoms with E-state index in [1.54, 1.807) is 0 Å². The first-order valence-electron chi connectivity index (χ1n) is 7.99. The molecule has 1 saturated heterocycles. The number of ether oxygens (including phenoxy) is 1. The van der Waals surface area contributed by atoms with Crippen LogP contribution in [0.3, 0.4) is 0 Å². The molecular formula is C17H25ClN2O2. The molecular weight excluding hydrogens is 300 g/mol. The zero-order chi connectivity index (χ0) is 14.7. The number of nitrogens with one attached hydrogen (secondary N) is 1. The molecule has 2 aliphatic rings. The second kappa shape index (κ2) is 7.95. The molecule has 5 heteroatoms. The topological polar surface area (TPSA) is 64.4 Å². The van der Waals surface area contributed by atoms with Crippen LogP contribution in [0.2, 0.25) is 0 Å². The van der Waals surface area contributed by atoms with E-state index < -0.39 is 0 Å². The van der Waals surface area contributed by atoms with E-state index in [2.05, 4.69) is 17.4 Å². The van der Waals surface area contributed by atoms with Crippen molar-refractivity contribution in [1.82, 2.24) is 5.32 Å². The first kappa shape index (κ1) is 17.3. The summed E-state index contributed by atoms with van der Waals surface area (Å²) in [7, 11) is 0. The highest BCUT2D eigenvalue weighted by Crippen LogP contribution is 2.38. The lowest BCUT2D eigenvalue weighted by Crippen LogP contribution is -2.41. The molecule has 1 amide bonds. The molecule has 1 aliphatic heterocycles. The second-order valence-corrected chi connectivity index (χ2v) is 6.15. The van der Waals surface area contributed by atoms with Gasteiger partial charge in [-0.15, -0.1) is 12.4 Å². The standard InChI is InChI=1S/C17H24N2O2.ClH/c18-11-14-9-10-15(21-14)17(20)19-16(13-7-4-8-13)12-5-2-1-3-6-12;/h1-3,5-6,13-16H,4,7-11,18H2,(H,19,20);1H/t14-,15+,16?;/m1./s1. The van der Waals surface area contributed by atoms with Crippen LogP contribution >= 0.6 is 12.4 Å². The first-order valence-corrected chi connectivity index (χ1v) is 7.99. The van der Waals surface area contributed by atoms with Crippen molar-refractivity contribution >= 4 is 18.3 Å². The minimum Gasteiger partial charge on any atom is -0.364 e. The van der Waals surface area contributed by atoms with E-state index in [0.29, 0.717) is 12.5 Å². The van der Waals surface area contributed by atoms with Crippen LogP contribution < -0.4 is 11.1 Å². The normalized spacial score (nSPS) is 25.9. The number of hydrogen-bond acceptors (Lipinski definition) is 3. The fraction of sp³-hybridized carbons (Fsp3) is 0.588. The molecule has 1 aromatic carbocycles. The quantitative estimate of drug-likeness (QED) is 0.875. The van der Waals surface area contributed by atoms with Gasteiger partial charge in [0.2, 0.25) is 5.91 Å². The first-order chi connectivity index (χ1) is 10.3. The van der Waals surface area contributed by atoms with Crippen LogP contribution in [0.15, 0.2) is 30.3 Å². The molecule has 0 radical (unpaired) electrons. The van der Waals surface area contributed by atoms with Crippen LogP contribution in [-0.2, 0) is 9.53 Å². The summed E-state index contributed by atoms with van der Waals surface area (Å²) in [5.74, 6) is 0.578. The molecule has 22 heavy (non-hydrogen) atoms. The van der Waals surface area contributed by atoms with Crippen molar-refractivity contribution in [3.8, 4) is 0 Å². The van der Waals surface area contributed by atoms with E-state index in [0.717, 1.165) is 12.8 Å². The summed E-state index contributed by atoms with van der Waals surface area (Å²) in [6.45, 7) is 0.495. The molecule has 1 heterocycles. The zero-order valence-corrected chi connectivity index (χ0v) is 13.6. The van der Waals surface area contributed by atoms with Crippen LogP contribution in [-0.4, -0.2) is 24.7 Å². The van der Waals surface area contributed by atoms with Gasteiger partial charge in [-0.2, -0.15) is 0 Å². The van der Waals surface area contributed by atoms with Crippen molar-refractivity contribution in [3.63, 3.8) is 0 Å². The highest BCUT2D eigenvalue weighted by Gasteiger charge is 2.34. The maximum Gasteiger partial charge on any atom is 0.249 e. The summed E-state index contributed by atoms with van der Waals surface area (Å²) in [6.07, 6.45) is 5.02. The number of halogens is 1. The Morgan fingerprint density at radius 1 is 1.23 bits per heavy atom. The van der Waals surface area contributed by atoms with Crippen molar-refractivity contribution in [2.24, 2.45) is 11.7 Å². The number of amides is 1. The Kier molecular flexibility index (Phi) is 6.24. The molecule has 3 rings (SSSR count). The summed E-state index contributed by atoms with van der Waals surface area (Å²) in [6, 6.07) is 10.4. The van der Waals surface area contributed by atoms with Gasteiger partial charge in [-0.25, -0.2) is 0 Å². The smallest absolute Gasteiger partial charge is 0.249 e. The Labute approximate surface area is 138 Å². The third-order valence-electron chi connectivity index (χ3n) is 4.74. The maximum absolute atomic E-state index is 12.5. The SMILES string of the molecule is Cl.NC[C@H]1CC[C@@H](C(=O)NC(c2ccccc2)C2CCC2)O1.